The second kappa shape index (κ2) is 12.7. The molecule has 1 aromatic heterocycles. The lowest BCUT2D eigenvalue weighted by Crippen LogP contribution is -2.36. The minimum absolute atomic E-state index is 0.486. The number of hydrogen-bond acceptors (Lipinski definition) is 5. The maximum atomic E-state index is 10.3. The molecule has 0 unspecified atom stereocenters. The highest BCUT2D eigenvalue weighted by Gasteiger charge is 2.23. The normalized spacial score (nSPS) is 11.2. The SMILES string of the molecule is NOB(O)c1cccc2c1oc1c(-c3ccc(N(c4ccc(-c5ccccc5)cc4)c4ccc(-c5ccccc5)cc4)cc3)cccc12. The van der Waals surface area contributed by atoms with Crippen LogP contribution in [0.2, 0.25) is 0 Å². The molecule has 0 aliphatic rings. The summed E-state index contributed by atoms with van der Waals surface area (Å²) >= 11 is 0. The summed E-state index contributed by atoms with van der Waals surface area (Å²) in [6.07, 6.45) is 0. The van der Waals surface area contributed by atoms with E-state index in [4.69, 9.17) is 15.1 Å². The largest absolute Gasteiger partial charge is 0.512 e. The van der Waals surface area contributed by atoms with Gasteiger partial charge in [0.2, 0.25) is 0 Å². The Hall–Kier alpha value is -5.92. The van der Waals surface area contributed by atoms with Gasteiger partial charge in [-0.05, 0) is 64.2 Å². The third-order valence-electron chi connectivity index (χ3n) is 8.85. The molecule has 0 fully saturated rings. The monoisotopic (exact) mass is 622 g/mol. The van der Waals surface area contributed by atoms with Crippen molar-refractivity contribution in [3.05, 3.63) is 170 Å². The van der Waals surface area contributed by atoms with Crippen LogP contribution < -0.4 is 16.3 Å². The van der Waals surface area contributed by atoms with Crippen LogP contribution in [-0.4, -0.2) is 12.1 Å². The summed E-state index contributed by atoms with van der Waals surface area (Å²) in [4.78, 5) is 2.27. The molecule has 0 saturated carbocycles. The van der Waals surface area contributed by atoms with Crippen molar-refractivity contribution < 1.29 is 14.2 Å². The molecule has 8 aromatic rings. The zero-order chi connectivity index (χ0) is 32.5. The predicted molar refractivity (Wildman–Crippen MR) is 198 cm³/mol. The molecule has 8 rings (SSSR count). The fraction of sp³-hybridized carbons (Fsp3) is 0. The minimum atomic E-state index is -1.29. The lowest BCUT2D eigenvalue weighted by molar-refractivity contribution is 0.281. The highest BCUT2D eigenvalue weighted by molar-refractivity contribution is 6.63. The van der Waals surface area contributed by atoms with Gasteiger partial charge in [0.25, 0.3) is 0 Å². The molecule has 1 heterocycles. The van der Waals surface area contributed by atoms with E-state index in [0.29, 0.717) is 11.0 Å². The van der Waals surface area contributed by atoms with Gasteiger partial charge in [0.1, 0.15) is 11.2 Å². The van der Waals surface area contributed by atoms with Gasteiger partial charge in [0, 0.05) is 38.9 Å². The molecule has 0 saturated heterocycles. The average molecular weight is 623 g/mol. The van der Waals surface area contributed by atoms with Gasteiger partial charge >= 0.3 is 7.12 Å². The van der Waals surface area contributed by atoms with Gasteiger partial charge in [-0.25, -0.2) is 5.90 Å². The number of furan rings is 1. The molecule has 0 amide bonds. The molecule has 5 nitrogen and oxygen atoms in total. The van der Waals surface area contributed by atoms with E-state index in [1.54, 1.807) is 6.07 Å². The van der Waals surface area contributed by atoms with Gasteiger partial charge in [-0.3, -0.25) is 0 Å². The number of hydrogen-bond donors (Lipinski definition) is 2. The standard InChI is InChI=1S/C42H31BN2O3/c44-48-43(46)40-16-8-15-39-38-14-7-13-37(41(38)47-42(39)40)33-21-27-36(28-22-33)45(34-23-17-31(18-24-34)29-9-3-1-4-10-29)35-25-19-32(20-26-35)30-11-5-2-6-12-30/h1-28,46H,44H2. The summed E-state index contributed by atoms with van der Waals surface area (Å²) < 4.78 is 11.1. The zero-order valence-electron chi connectivity index (χ0n) is 26.0. The molecule has 3 N–H and O–H groups in total. The molecule has 48 heavy (non-hydrogen) atoms. The predicted octanol–water partition coefficient (Wildman–Crippen LogP) is 9.63. The topological polar surface area (TPSA) is 71.9 Å². The van der Waals surface area contributed by atoms with Gasteiger partial charge in [-0.2, -0.15) is 0 Å². The fourth-order valence-corrected chi connectivity index (χ4v) is 6.44. The summed E-state index contributed by atoms with van der Waals surface area (Å²) in [6.45, 7) is 0. The van der Waals surface area contributed by atoms with E-state index < -0.39 is 7.12 Å². The molecule has 0 bridgehead atoms. The number of para-hydroxylation sites is 2. The van der Waals surface area contributed by atoms with Crippen LogP contribution in [0.3, 0.4) is 0 Å². The molecular formula is C42H31BN2O3. The third-order valence-corrected chi connectivity index (χ3v) is 8.85. The Kier molecular flexibility index (Phi) is 7.80. The number of benzene rings is 7. The Morgan fingerprint density at radius 2 is 0.896 bits per heavy atom. The van der Waals surface area contributed by atoms with Gasteiger partial charge in [-0.15, -0.1) is 0 Å². The summed E-state index contributed by atoms with van der Waals surface area (Å²) in [5.41, 5.74) is 11.6. The fourth-order valence-electron chi connectivity index (χ4n) is 6.44. The molecule has 0 radical (unpaired) electrons. The van der Waals surface area contributed by atoms with Crippen molar-refractivity contribution in [2.24, 2.45) is 5.90 Å². The molecule has 6 heteroatoms. The molecule has 0 aliphatic heterocycles. The number of nitrogens with zero attached hydrogens (tertiary/aromatic N) is 1. The number of fused-ring (bicyclic) bond motifs is 3. The lowest BCUT2D eigenvalue weighted by Gasteiger charge is -2.26. The van der Waals surface area contributed by atoms with Crippen LogP contribution in [0.1, 0.15) is 0 Å². The van der Waals surface area contributed by atoms with E-state index in [1.807, 2.05) is 36.4 Å². The van der Waals surface area contributed by atoms with Crippen LogP contribution in [0, 0.1) is 0 Å². The molecule has 0 aliphatic carbocycles. The second-order valence-electron chi connectivity index (χ2n) is 11.7. The maximum absolute atomic E-state index is 10.3. The van der Waals surface area contributed by atoms with Crippen molar-refractivity contribution in [2.45, 2.75) is 0 Å². The first kappa shape index (κ1) is 29.5. The number of rotatable bonds is 8. The number of anilines is 3. The van der Waals surface area contributed by atoms with Crippen LogP contribution in [0.5, 0.6) is 0 Å². The van der Waals surface area contributed by atoms with Crippen LogP contribution in [0.25, 0.3) is 55.3 Å². The van der Waals surface area contributed by atoms with E-state index in [0.717, 1.165) is 44.5 Å². The number of nitrogens with two attached hydrogens (primary N) is 1. The Bertz CT molecular complexity index is 2240. The Morgan fingerprint density at radius 1 is 0.458 bits per heavy atom. The summed E-state index contributed by atoms with van der Waals surface area (Å²) in [6, 6.07) is 58.5. The average Bonchev–Trinajstić information content (AvgIpc) is 3.56. The van der Waals surface area contributed by atoms with E-state index in [2.05, 4.69) is 132 Å². The van der Waals surface area contributed by atoms with Gasteiger partial charge in [0.05, 0.1) is 0 Å². The smallest absolute Gasteiger partial charge is 0.456 e. The van der Waals surface area contributed by atoms with Gasteiger partial charge in [-0.1, -0.05) is 133 Å². The van der Waals surface area contributed by atoms with Crippen LogP contribution >= 0.6 is 0 Å². The van der Waals surface area contributed by atoms with E-state index in [9.17, 15) is 5.02 Å². The second-order valence-corrected chi connectivity index (χ2v) is 11.7. The Labute approximate surface area is 279 Å². The first-order valence-corrected chi connectivity index (χ1v) is 15.9. The highest BCUT2D eigenvalue weighted by Crippen LogP contribution is 2.39. The summed E-state index contributed by atoms with van der Waals surface area (Å²) in [5.74, 6) is 5.31. The summed E-state index contributed by atoms with van der Waals surface area (Å²) in [7, 11) is -1.29. The molecule has 230 valence electrons. The van der Waals surface area contributed by atoms with E-state index in [-0.39, 0.29) is 0 Å². The van der Waals surface area contributed by atoms with Crippen LogP contribution in [0.4, 0.5) is 17.1 Å². The van der Waals surface area contributed by atoms with Gasteiger partial charge in [0.15, 0.2) is 0 Å². The Morgan fingerprint density at radius 3 is 1.40 bits per heavy atom. The summed E-state index contributed by atoms with van der Waals surface area (Å²) in [5, 5.41) is 12.2. The molecular weight excluding hydrogens is 591 g/mol. The first-order chi connectivity index (χ1) is 23.7. The zero-order valence-corrected chi connectivity index (χ0v) is 26.0. The third kappa shape index (κ3) is 5.44. The van der Waals surface area contributed by atoms with Crippen molar-refractivity contribution in [2.75, 3.05) is 4.90 Å². The quantitative estimate of drug-likeness (QED) is 0.130. The van der Waals surface area contributed by atoms with Gasteiger partial charge < -0.3 is 19.1 Å². The van der Waals surface area contributed by atoms with Crippen LogP contribution in [0.15, 0.2) is 174 Å². The van der Waals surface area contributed by atoms with E-state index in [1.165, 1.54) is 22.3 Å². The molecule has 7 aromatic carbocycles. The van der Waals surface area contributed by atoms with Crippen molar-refractivity contribution in [1.82, 2.24) is 0 Å². The van der Waals surface area contributed by atoms with Crippen LogP contribution in [-0.2, 0) is 4.76 Å². The molecule has 0 spiro atoms. The molecule has 0 atom stereocenters. The maximum Gasteiger partial charge on any atom is 0.512 e. The minimum Gasteiger partial charge on any atom is -0.456 e. The first-order valence-electron chi connectivity index (χ1n) is 15.9. The Balaban J connectivity index is 1.19. The van der Waals surface area contributed by atoms with E-state index >= 15 is 0 Å². The van der Waals surface area contributed by atoms with Crippen molar-refractivity contribution in [1.29, 1.82) is 0 Å². The van der Waals surface area contributed by atoms with Crippen molar-refractivity contribution in [3.8, 4) is 33.4 Å². The van der Waals surface area contributed by atoms with Crippen molar-refractivity contribution in [3.63, 3.8) is 0 Å². The highest BCUT2D eigenvalue weighted by atomic mass is 16.6. The van der Waals surface area contributed by atoms with Crippen molar-refractivity contribution >= 4 is 51.6 Å². The lowest BCUT2D eigenvalue weighted by atomic mass is 9.79.